The van der Waals surface area contributed by atoms with Crippen LogP contribution in [-0.4, -0.2) is 55.7 Å². The van der Waals surface area contributed by atoms with Crippen molar-refractivity contribution < 1.29 is 15.3 Å². The van der Waals surface area contributed by atoms with Crippen molar-refractivity contribution in [3.05, 3.63) is 11.9 Å². The number of aliphatic hydroxyl groups excluding tert-OH is 3. The lowest BCUT2D eigenvalue weighted by Crippen LogP contribution is -2.48. The average Bonchev–Trinajstić information content (AvgIpc) is 2.74. The third kappa shape index (κ3) is 3.53. The van der Waals surface area contributed by atoms with Gasteiger partial charge in [-0.3, -0.25) is 0 Å². The molecular weight excluding hydrogens is 212 g/mol. The van der Waals surface area contributed by atoms with Crippen LogP contribution in [0.5, 0.6) is 0 Å². The second-order valence-electron chi connectivity index (χ2n) is 3.93. The molecule has 0 saturated carbocycles. The Hall–Kier alpha value is -1.02. The van der Waals surface area contributed by atoms with Crippen LogP contribution in [0.2, 0.25) is 0 Å². The molecule has 0 atom stereocenters. The number of aromatic nitrogens is 3. The van der Waals surface area contributed by atoms with Gasteiger partial charge in [-0.15, -0.1) is 5.10 Å². The smallest absolute Gasteiger partial charge is 0.0965 e. The molecule has 4 N–H and O–H groups in total. The van der Waals surface area contributed by atoms with E-state index in [2.05, 4.69) is 15.6 Å². The van der Waals surface area contributed by atoms with Crippen molar-refractivity contribution in [2.45, 2.75) is 25.6 Å². The van der Waals surface area contributed by atoms with E-state index in [-0.39, 0.29) is 19.8 Å². The van der Waals surface area contributed by atoms with E-state index in [1.807, 2.05) is 0 Å². The molecule has 0 unspecified atom stereocenters. The minimum absolute atomic E-state index is 0.0151. The summed E-state index contributed by atoms with van der Waals surface area (Å²) >= 11 is 0. The van der Waals surface area contributed by atoms with Crippen LogP contribution in [0.1, 0.15) is 12.6 Å². The van der Waals surface area contributed by atoms with Crippen molar-refractivity contribution in [2.75, 3.05) is 19.8 Å². The molecule has 0 radical (unpaired) electrons. The molecule has 0 aliphatic rings. The second kappa shape index (κ2) is 5.90. The van der Waals surface area contributed by atoms with Crippen molar-refractivity contribution >= 4 is 0 Å². The van der Waals surface area contributed by atoms with Crippen LogP contribution in [0.25, 0.3) is 0 Å². The van der Waals surface area contributed by atoms with Gasteiger partial charge in [-0.2, -0.15) is 0 Å². The lowest BCUT2D eigenvalue weighted by atomic mass is 10.1. The summed E-state index contributed by atoms with van der Waals surface area (Å²) in [5, 5.41) is 37.5. The molecule has 1 aromatic rings. The maximum atomic E-state index is 9.06. The monoisotopic (exact) mass is 230 g/mol. The Kier molecular flexibility index (Phi) is 4.81. The zero-order chi connectivity index (χ0) is 12.0. The van der Waals surface area contributed by atoms with Crippen molar-refractivity contribution in [1.82, 2.24) is 20.3 Å². The van der Waals surface area contributed by atoms with Gasteiger partial charge in [-0.05, 0) is 6.92 Å². The van der Waals surface area contributed by atoms with Crippen molar-refractivity contribution in [2.24, 2.45) is 0 Å². The van der Waals surface area contributed by atoms with Gasteiger partial charge < -0.3 is 20.6 Å². The third-order valence-corrected chi connectivity index (χ3v) is 2.31. The molecule has 7 nitrogen and oxygen atoms in total. The van der Waals surface area contributed by atoms with Crippen molar-refractivity contribution in [3.63, 3.8) is 0 Å². The van der Waals surface area contributed by atoms with Crippen LogP contribution in [0, 0.1) is 0 Å². The first kappa shape index (κ1) is 13.0. The van der Waals surface area contributed by atoms with E-state index in [1.165, 1.54) is 4.68 Å². The van der Waals surface area contributed by atoms with Crippen molar-refractivity contribution in [1.29, 1.82) is 0 Å². The molecule has 92 valence electrons. The van der Waals surface area contributed by atoms with Gasteiger partial charge in [0.15, 0.2) is 0 Å². The predicted molar refractivity (Wildman–Crippen MR) is 56.5 cm³/mol. The second-order valence-corrected chi connectivity index (χ2v) is 3.93. The van der Waals surface area contributed by atoms with Crippen molar-refractivity contribution in [3.8, 4) is 0 Å². The van der Waals surface area contributed by atoms with Gasteiger partial charge in [0.1, 0.15) is 0 Å². The maximum Gasteiger partial charge on any atom is 0.0965 e. The molecule has 0 bridgehead atoms. The largest absolute Gasteiger partial charge is 0.394 e. The summed E-state index contributed by atoms with van der Waals surface area (Å²) in [6, 6.07) is 0. The first-order valence-electron chi connectivity index (χ1n) is 5.10. The van der Waals surface area contributed by atoms with Gasteiger partial charge >= 0.3 is 0 Å². The number of aliphatic hydroxyl groups is 3. The molecule has 1 aromatic heterocycles. The molecule has 0 amide bonds. The maximum absolute atomic E-state index is 9.06. The zero-order valence-corrected chi connectivity index (χ0v) is 9.30. The van der Waals surface area contributed by atoms with Gasteiger partial charge in [-0.25, -0.2) is 4.68 Å². The quantitative estimate of drug-likeness (QED) is 0.436. The highest BCUT2D eigenvalue weighted by molar-refractivity contribution is 4.94. The molecule has 0 aliphatic heterocycles. The number of hydrogen-bond donors (Lipinski definition) is 4. The summed E-state index contributed by atoms with van der Waals surface area (Å²) in [5.41, 5.74) is -0.0256. The molecule has 16 heavy (non-hydrogen) atoms. The fourth-order valence-electron chi connectivity index (χ4n) is 1.10. The normalized spacial score (nSPS) is 12.0. The van der Waals surface area contributed by atoms with Crippen LogP contribution in [-0.2, 0) is 13.1 Å². The number of nitrogens with zero attached hydrogens (tertiary/aromatic N) is 3. The standard InChI is InChI=1S/C9H18N4O3/c1-9(6-15,7-16)10-4-8-5-13(2-3-14)12-11-8/h5,10,14-16H,2-4,6-7H2,1H3. The average molecular weight is 230 g/mol. The van der Waals surface area contributed by atoms with E-state index in [4.69, 9.17) is 15.3 Å². The Morgan fingerprint density at radius 2 is 2.06 bits per heavy atom. The molecular formula is C9H18N4O3. The van der Waals surface area contributed by atoms with Gasteiger partial charge in [-0.1, -0.05) is 5.21 Å². The van der Waals surface area contributed by atoms with E-state index in [9.17, 15) is 0 Å². The highest BCUT2D eigenvalue weighted by Crippen LogP contribution is 2.02. The van der Waals surface area contributed by atoms with E-state index >= 15 is 0 Å². The van der Waals surface area contributed by atoms with E-state index < -0.39 is 5.54 Å². The number of nitrogens with one attached hydrogen (secondary N) is 1. The molecule has 0 spiro atoms. The van der Waals surface area contributed by atoms with Gasteiger partial charge in [0.2, 0.25) is 0 Å². The highest BCUT2D eigenvalue weighted by Gasteiger charge is 2.21. The molecule has 7 heteroatoms. The van der Waals surface area contributed by atoms with Crippen LogP contribution in [0.4, 0.5) is 0 Å². The first-order chi connectivity index (χ1) is 7.63. The van der Waals surface area contributed by atoms with Crippen LogP contribution >= 0.6 is 0 Å². The van der Waals surface area contributed by atoms with Crippen LogP contribution in [0.15, 0.2) is 6.20 Å². The topological polar surface area (TPSA) is 103 Å². The number of hydrogen-bond acceptors (Lipinski definition) is 6. The van der Waals surface area contributed by atoms with E-state index in [0.29, 0.717) is 18.8 Å². The summed E-state index contributed by atoms with van der Waals surface area (Å²) in [4.78, 5) is 0. The number of rotatable bonds is 7. The zero-order valence-electron chi connectivity index (χ0n) is 9.30. The summed E-state index contributed by atoms with van der Waals surface area (Å²) in [6.45, 7) is 2.22. The van der Waals surface area contributed by atoms with Gasteiger partial charge in [0.25, 0.3) is 0 Å². The Balaban J connectivity index is 2.47. The fourth-order valence-corrected chi connectivity index (χ4v) is 1.10. The van der Waals surface area contributed by atoms with Crippen LogP contribution < -0.4 is 5.32 Å². The Morgan fingerprint density at radius 3 is 2.62 bits per heavy atom. The fraction of sp³-hybridized carbons (Fsp3) is 0.778. The SMILES string of the molecule is CC(CO)(CO)NCc1cn(CCO)nn1. The van der Waals surface area contributed by atoms with E-state index in [1.54, 1.807) is 13.1 Å². The minimum Gasteiger partial charge on any atom is -0.394 e. The Bertz CT molecular complexity index is 311. The molecule has 0 aromatic carbocycles. The highest BCUT2D eigenvalue weighted by atomic mass is 16.3. The molecule has 0 fully saturated rings. The van der Waals surface area contributed by atoms with Gasteiger partial charge in [0, 0.05) is 12.7 Å². The Morgan fingerprint density at radius 1 is 1.38 bits per heavy atom. The van der Waals surface area contributed by atoms with E-state index in [0.717, 1.165) is 0 Å². The summed E-state index contributed by atoms with van der Waals surface area (Å²) in [6.07, 6.45) is 1.71. The van der Waals surface area contributed by atoms with Gasteiger partial charge in [0.05, 0.1) is 37.6 Å². The predicted octanol–water partition coefficient (Wildman–Crippen LogP) is -1.90. The Labute approximate surface area is 93.7 Å². The lowest BCUT2D eigenvalue weighted by molar-refractivity contribution is 0.103. The summed E-state index contributed by atoms with van der Waals surface area (Å²) in [5.74, 6) is 0. The first-order valence-corrected chi connectivity index (χ1v) is 5.10. The molecule has 1 heterocycles. The summed E-state index contributed by atoms with van der Waals surface area (Å²) in [7, 11) is 0. The minimum atomic E-state index is -0.721. The van der Waals surface area contributed by atoms with Crippen LogP contribution in [0.3, 0.4) is 0 Å². The molecule has 1 rings (SSSR count). The molecule has 0 saturated heterocycles. The summed E-state index contributed by atoms with van der Waals surface area (Å²) < 4.78 is 1.53. The molecule has 0 aliphatic carbocycles. The lowest BCUT2D eigenvalue weighted by Gasteiger charge is -2.25. The third-order valence-electron chi connectivity index (χ3n) is 2.31.